The van der Waals surface area contributed by atoms with Gasteiger partial charge in [0.1, 0.15) is 0 Å². The zero-order valence-electron chi connectivity index (χ0n) is 12.9. The molecule has 3 aromatic rings. The van der Waals surface area contributed by atoms with Crippen molar-refractivity contribution in [2.75, 3.05) is 11.1 Å². The van der Waals surface area contributed by atoms with E-state index in [2.05, 4.69) is 10.3 Å². The van der Waals surface area contributed by atoms with E-state index in [1.54, 1.807) is 24.3 Å². The van der Waals surface area contributed by atoms with E-state index in [0.29, 0.717) is 33.4 Å². The molecule has 1 heterocycles. The molecule has 0 unspecified atom stereocenters. The Morgan fingerprint density at radius 3 is 2.48 bits per heavy atom. The number of aryl methyl sites for hydroxylation is 1. The summed E-state index contributed by atoms with van der Waals surface area (Å²) < 4.78 is 0. The largest absolute Gasteiger partial charge is 0.397 e. The molecule has 0 saturated heterocycles. The van der Waals surface area contributed by atoms with E-state index in [9.17, 15) is 9.59 Å². The summed E-state index contributed by atoms with van der Waals surface area (Å²) in [5.74, 6) is -0.327. The number of anilines is 2. The van der Waals surface area contributed by atoms with Gasteiger partial charge < -0.3 is 16.0 Å². The summed E-state index contributed by atoms with van der Waals surface area (Å²) in [5, 5.41) is 3.49. The molecule has 116 valence electrons. The molecule has 0 bridgehead atoms. The number of nitrogens with two attached hydrogens (primary N) is 1. The lowest BCUT2D eigenvalue weighted by Gasteiger charge is -2.07. The van der Waals surface area contributed by atoms with Crippen molar-refractivity contribution in [3.63, 3.8) is 0 Å². The quantitative estimate of drug-likeness (QED) is 0.511. The zero-order chi connectivity index (χ0) is 16.6. The molecule has 4 N–H and O–H groups in total. The summed E-state index contributed by atoms with van der Waals surface area (Å²) in [7, 11) is 0. The van der Waals surface area contributed by atoms with Crippen molar-refractivity contribution in [2.24, 2.45) is 0 Å². The molecule has 0 aliphatic heterocycles. The van der Waals surface area contributed by atoms with Crippen LogP contribution in [0, 0.1) is 6.92 Å². The third kappa shape index (κ3) is 2.68. The number of carbonyl (C=O) groups excluding carboxylic acids is 2. The van der Waals surface area contributed by atoms with Gasteiger partial charge in [0.05, 0.1) is 11.2 Å². The molecule has 0 aliphatic rings. The molecule has 0 spiro atoms. The molecule has 1 amide bonds. The van der Waals surface area contributed by atoms with E-state index in [1.165, 1.54) is 6.92 Å². The van der Waals surface area contributed by atoms with Crippen molar-refractivity contribution in [1.82, 2.24) is 4.98 Å². The van der Waals surface area contributed by atoms with Crippen LogP contribution in [0.4, 0.5) is 11.4 Å². The number of nitrogen functional groups attached to an aromatic ring is 1. The lowest BCUT2D eigenvalue weighted by atomic mass is 10.0. The Morgan fingerprint density at radius 2 is 1.83 bits per heavy atom. The molecule has 0 saturated carbocycles. The number of H-pyrrole nitrogens is 1. The number of hydrogen-bond donors (Lipinski definition) is 3. The fraction of sp³-hybridized carbons (Fsp3) is 0.111. The standard InChI is InChI=1S/C18H17N3O2/c1-10-16(11(2)22)14-8-12(9-15(19)17(14)20-10)18(23)21-13-6-4-3-5-7-13/h3-9,20H,19H2,1-2H3,(H,21,23). The topological polar surface area (TPSA) is 88.0 Å². The average molecular weight is 307 g/mol. The number of para-hydroxylation sites is 1. The van der Waals surface area contributed by atoms with E-state index < -0.39 is 0 Å². The van der Waals surface area contributed by atoms with E-state index in [4.69, 9.17) is 5.73 Å². The monoisotopic (exact) mass is 307 g/mol. The maximum atomic E-state index is 12.4. The van der Waals surface area contributed by atoms with E-state index in [1.807, 2.05) is 25.1 Å². The summed E-state index contributed by atoms with van der Waals surface area (Å²) in [6.45, 7) is 3.32. The van der Waals surface area contributed by atoms with E-state index in [0.717, 1.165) is 5.69 Å². The van der Waals surface area contributed by atoms with Gasteiger partial charge in [-0.2, -0.15) is 0 Å². The van der Waals surface area contributed by atoms with Gasteiger partial charge >= 0.3 is 0 Å². The Kier molecular flexibility index (Phi) is 3.62. The van der Waals surface area contributed by atoms with Crippen LogP contribution in [0.15, 0.2) is 42.5 Å². The highest BCUT2D eigenvalue weighted by molar-refractivity contribution is 6.14. The van der Waals surface area contributed by atoms with Crippen molar-refractivity contribution in [3.8, 4) is 0 Å². The lowest BCUT2D eigenvalue weighted by Crippen LogP contribution is -2.12. The number of rotatable bonds is 3. The third-order valence-corrected chi connectivity index (χ3v) is 3.77. The second-order valence-electron chi connectivity index (χ2n) is 5.49. The van der Waals surface area contributed by atoms with Crippen LogP contribution in [-0.4, -0.2) is 16.7 Å². The van der Waals surface area contributed by atoms with Gasteiger partial charge in [-0.1, -0.05) is 18.2 Å². The molecule has 2 aromatic carbocycles. The van der Waals surface area contributed by atoms with Crippen LogP contribution < -0.4 is 11.1 Å². The van der Waals surface area contributed by atoms with Crippen LogP contribution in [0.25, 0.3) is 10.9 Å². The predicted octanol–water partition coefficient (Wildman–Crippen LogP) is 3.51. The zero-order valence-corrected chi connectivity index (χ0v) is 12.9. The molecule has 0 radical (unpaired) electrons. The first-order valence-electron chi connectivity index (χ1n) is 7.26. The molecule has 5 nitrogen and oxygen atoms in total. The molecule has 0 fully saturated rings. The predicted molar refractivity (Wildman–Crippen MR) is 91.8 cm³/mol. The highest BCUT2D eigenvalue weighted by Gasteiger charge is 2.17. The molecule has 0 atom stereocenters. The number of amides is 1. The maximum Gasteiger partial charge on any atom is 0.255 e. The Bertz CT molecular complexity index is 911. The van der Waals surface area contributed by atoms with Crippen molar-refractivity contribution < 1.29 is 9.59 Å². The first kappa shape index (κ1) is 14.8. The Morgan fingerprint density at radius 1 is 1.13 bits per heavy atom. The first-order chi connectivity index (χ1) is 11.0. The minimum absolute atomic E-state index is 0.0613. The van der Waals surface area contributed by atoms with Gasteiger partial charge in [0.25, 0.3) is 5.91 Å². The molecule has 0 aliphatic carbocycles. The Balaban J connectivity index is 2.06. The number of aromatic nitrogens is 1. The molecular formula is C18H17N3O2. The van der Waals surface area contributed by atoms with Crippen molar-refractivity contribution >= 4 is 34.0 Å². The number of nitrogens with one attached hydrogen (secondary N) is 2. The Hall–Kier alpha value is -3.08. The van der Waals surface area contributed by atoms with Gasteiger partial charge in [0.2, 0.25) is 0 Å². The molecule has 3 rings (SSSR count). The number of benzene rings is 2. The van der Waals surface area contributed by atoms with Gasteiger partial charge in [-0.3, -0.25) is 9.59 Å². The minimum Gasteiger partial charge on any atom is -0.397 e. The van der Waals surface area contributed by atoms with E-state index >= 15 is 0 Å². The normalized spacial score (nSPS) is 10.7. The van der Waals surface area contributed by atoms with E-state index in [-0.39, 0.29) is 11.7 Å². The number of hydrogen-bond acceptors (Lipinski definition) is 3. The number of ketones is 1. The highest BCUT2D eigenvalue weighted by atomic mass is 16.1. The molecule has 1 aromatic heterocycles. The number of carbonyl (C=O) groups is 2. The van der Waals surface area contributed by atoms with Gasteiger partial charge in [0, 0.05) is 27.9 Å². The SMILES string of the molecule is CC(=O)c1c(C)[nH]c2c(N)cc(C(=O)Nc3ccccc3)cc12. The third-order valence-electron chi connectivity index (χ3n) is 3.77. The average Bonchev–Trinajstić information content (AvgIpc) is 2.85. The Labute approximate surface area is 133 Å². The van der Waals surface area contributed by atoms with Gasteiger partial charge in [-0.15, -0.1) is 0 Å². The van der Waals surface area contributed by atoms with Gasteiger partial charge in [-0.25, -0.2) is 0 Å². The van der Waals surface area contributed by atoms with Crippen molar-refractivity contribution in [2.45, 2.75) is 13.8 Å². The summed E-state index contributed by atoms with van der Waals surface area (Å²) in [6.07, 6.45) is 0. The molecule has 23 heavy (non-hydrogen) atoms. The van der Waals surface area contributed by atoms with Crippen LogP contribution in [-0.2, 0) is 0 Å². The van der Waals surface area contributed by atoms with Gasteiger partial charge in [-0.05, 0) is 38.1 Å². The van der Waals surface area contributed by atoms with Gasteiger partial charge in [0.15, 0.2) is 5.78 Å². The number of Topliss-reactive ketones (excluding diaryl/α,β-unsaturated/α-hetero) is 1. The lowest BCUT2D eigenvalue weighted by molar-refractivity contribution is 0.101. The second-order valence-corrected chi connectivity index (χ2v) is 5.49. The summed E-state index contributed by atoms with van der Waals surface area (Å²) >= 11 is 0. The molecule has 5 heteroatoms. The summed E-state index contributed by atoms with van der Waals surface area (Å²) in [4.78, 5) is 27.4. The maximum absolute atomic E-state index is 12.4. The van der Waals surface area contributed by atoms with Crippen LogP contribution in [0.3, 0.4) is 0 Å². The van der Waals surface area contributed by atoms with Crippen LogP contribution in [0.2, 0.25) is 0 Å². The molecular weight excluding hydrogens is 290 g/mol. The number of fused-ring (bicyclic) bond motifs is 1. The first-order valence-corrected chi connectivity index (χ1v) is 7.26. The number of aromatic amines is 1. The van der Waals surface area contributed by atoms with Crippen LogP contribution in [0.1, 0.15) is 33.3 Å². The van der Waals surface area contributed by atoms with Crippen LogP contribution >= 0.6 is 0 Å². The summed E-state index contributed by atoms with van der Waals surface area (Å²) in [5.41, 5.74) is 9.61. The van der Waals surface area contributed by atoms with Crippen molar-refractivity contribution in [3.05, 3.63) is 59.3 Å². The smallest absolute Gasteiger partial charge is 0.255 e. The minimum atomic E-state index is -0.266. The second kappa shape index (κ2) is 5.61. The fourth-order valence-electron chi connectivity index (χ4n) is 2.76. The van der Waals surface area contributed by atoms with Crippen LogP contribution in [0.5, 0.6) is 0 Å². The highest BCUT2D eigenvalue weighted by Crippen LogP contribution is 2.29. The van der Waals surface area contributed by atoms with Crippen molar-refractivity contribution in [1.29, 1.82) is 0 Å². The summed E-state index contributed by atoms with van der Waals surface area (Å²) in [6, 6.07) is 12.5. The fourth-order valence-corrected chi connectivity index (χ4v) is 2.76.